The van der Waals surface area contributed by atoms with Crippen LogP contribution in [0.5, 0.6) is 0 Å². The van der Waals surface area contributed by atoms with Crippen LogP contribution in [0.15, 0.2) is 24.5 Å². The summed E-state index contributed by atoms with van der Waals surface area (Å²) in [6.45, 7) is 4.16. The van der Waals surface area contributed by atoms with E-state index in [9.17, 15) is 0 Å². The van der Waals surface area contributed by atoms with E-state index in [0.29, 0.717) is 0 Å². The van der Waals surface area contributed by atoms with Gasteiger partial charge in [-0.05, 0) is 25.5 Å². The molecule has 0 aliphatic heterocycles. The summed E-state index contributed by atoms with van der Waals surface area (Å²) in [5.74, 6) is 0. The van der Waals surface area contributed by atoms with Gasteiger partial charge in [0.25, 0.3) is 0 Å². The normalized spacial score (nSPS) is 10.6. The summed E-state index contributed by atoms with van der Waals surface area (Å²) >= 11 is 0. The molecule has 2 nitrogen and oxygen atoms in total. The minimum absolute atomic E-state index is 0.978. The first-order chi connectivity index (χ1) is 6.31. The molecule has 0 aromatic carbocycles. The second kappa shape index (κ2) is 3.13. The standard InChI is InChI=1S/C11H12N2/c1-3-10-6-9-7-12-5-4-11(9)8(2)13-10/h4-7H,3H2,1-2H3. The van der Waals surface area contributed by atoms with Crippen LogP contribution in [0.25, 0.3) is 10.8 Å². The molecular formula is C11H12N2. The number of aryl methyl sites for hydroxylation is 2. The molecule has 0 unspecified atom stereocenters. The summed E-state index contributed by atoms with van der Waals surface area (Å²) in [6, 6.07) is 4.12. The molecule has 0 fully saturated rings. The molecule has 0 amide bonds. The van der Waals surface area contributed by atoms with Crippen LogP contribution in [0, 0.1) is 6.92 Å². The highest BCUT2D eigenvalue weighted by Crippen LogP contribution is 2.16. The summed E-state index contributed by atoms with van der Waals surface area (Å²) in [4.78, 5) is 8.59. The van der Waals surface area contributed by atoms with Crippen LogP contribution < -0.4 is 0 Å². The summed E-state index contributed by atoms with van der Waals surface area (Å²) < 4.78 is 0. The number of hydrogen-bond acceptors (Lipinski definition) is 2. The van der Waals surface area contributed by atoms with Gasteiger partial charge in [0, 0.05) is 34.6 Å². The SMILES string of the molecule is CCc1cc2cnccc2c(C)n1. The van der Waals surface area contributed by atoms with Gasteiger partial charge < -0.3 is 0 Å². The molecule has 13 heavy (non-hydrogen) atoms. The van der Waals surface area contributed by atoms with Crippen LogP contribution in [0.2, 0.25) is 0 Å². The lowest BCUT2D eigenvalue weighted by molar-refractivity contribution is 1.02. The summed E-state index contributed by atoms with van der Waals surface area (Å²) in [5, 5.41) is 2.39. The molecule has 0 aliphatic carbocycles. The highest BCUT2D eigenvalue weighted by Gasteiger charge is 2.00. The van der Waals surface area contributed by atoms with Crippen LogP contribution >= 0.6 is 0 Å². The maximum atomic E-state index is 4.49. The number of rotatable bonds is 1. The third-order valence-electron chi connectivity index (χ3n) is 2.24. The van der Waals surface area contributed by atoms with Crippen molar-refractivity contribution in [1.82, 2.24) is 9.97 Å². The molecule has 2 heteroatoms. The van der Waals surface area contributed by atoms with E-state index in [1.807, 2.05) is 25.4 Å². The first kappa shape index (κ1) is 8.17. The van der Waals surface area contributed by atoms with Crippen LogP contribution in [0.3, 0.4) is 0 Å². The second-order valence-corrected chi connectivity index (χ2v) is 3.15. The Kier molecular flexibility index (Phi) is 1.97. The fourth-order valence-corrected chi connectivity index (χ4v) is 1.52. The highest BCUT2D eigenvalue weighted by atomic mass is 14.7. The molecule has 66 valence electrons. The minimum Gasteiger partial charge on any atom is -0.264 e. The van der Waals surface area contributed by atoms with Crippen LogP contribution in [0.4, 0.5) is 0 Å². The van der Waals surface area contributed by atoms with Gasteiger partial charge in [-0.3, -0.25) is 9.97 Å². The van der Waals surface area contributed by atoms with Gasteiger partial charge in [0.2, 0.25) is 0 Å². The lowest BCUT2D eigenvalue weighted by atomic mass is 10.1. The van der Waals surface area contributed by atoms with Gasteiger partial charge >= 0.3 is 0 Å². The van der Waals surface area contributed by atoms with Gasteiger partial charge in [-0.25, -0.2) is 0 Å². The van der Waals surface area contributed by atoms with Gasteiger partial charge in [0.15, 0.2) is 0 Å². The Labute approximate surface area is 77.6 Å². The van der Waals surface area contributed by atoms with Gasteiger partial charge in [-0.1, -0.05) is 6.92 Å². The Bertz CT molecular complexity index is 435. The Morgan fingerprint density at radius 1 is 1.38 bits per heavy atom. The van der Waals surface area contributed by atoms with Gasteiger partial charge in [0.1, 0.15) is 0 Å². The zero-order valence-corrected chi connectivity index (χ0v) is 7.91. The smallest absolute Gasteiger partial charge is 0.0455 e. The van der Waals surface area contributed by atoms with Crippen molar-refractivity contribution in [2.75, 3.05) is 0 Å². The predicted molar refractivity (Wildman–Crippen MR) is 53.7 cm³/mol. The molecule has 0 radical (unpaired) electrons. The molecule has 2 aromatic heterocycles. The largest absolute Gasteiger partial charge is 0.264 e. The van der Waals surface area contributed by atoms with E-state index < -0.39 is 0 Å². The monoisotopic (exact) mass is 172 g/mol. The van der Waals surface area contributed by atoms with E-state index >= 15 is 0 Å². The Balaban J connectivity index is 2.77. The van der Waals surface area contributed by atoms with Gasteiger partial charge in [-0.15, -0.1) is 0 Å². The molecule has 0 saturated heterocycles. The molecule has 2 heterocycles. The number of hydrogen-bond donors (Lipinski definition) is 0. The molecule has 0 saturated carbocycles. The lowest BCUT2D eigenvalue weighted by Gasteiger charge is -2.03. The number of pyridine rings is 2. The molecule has 0 N–H and O–H groups in total. The third-order valence-corrected chi connectivity index (χ3v) is 2.24. The Morgan fingerprint density at radius 3 is 3.00 bits per heavy atom. The zero-order valence-electron chi connectivity index (χ0n) is 7.91. The maximum absolute atomic E-state index is 4.49. The first-order valence-electron chi connectivity index (χ1n) is 4.51. The van der Waals surface area contributed by atoms with Crippen molar-refractivity contribution in [1.29, 1.82) is 0 Å². The van der Waals surface area contributed by atoms with E-state index in [4.69, 9.17) is 0 Å². The summed E-state index contributed by atoms with van der Waals surface area (Å²) in [5.41, 5.74) is 2.23. The second-order valence-electron chi connectivity index (χ2n) is 3.15. The lowest BCUT2D eigenvalue weighted by Crippen LogP contribution is -1.91. The Morgan fingerprint density at radius 2 is 2.23 bits per heavy atom. The third kappa shape index (κ3) is 1.39. The van der Waals surface area contributed by atoms with Crippen LogP contribution in [-0.2, 0) is 6.42 Å². The van der Waals surface area contributed by atoms with Crippen molar-refractivity contribution in [2.24, 2.45) is 0 Å². The van der Waals surface area contributed by atoms with E-state index in [1.165, 1.54) is 10.8 Å². The van der Waals surface area contributed by atoms with Crippen LogP contribution in [0.1, 0.15) is 18.3 Å². The first-order valence-corrected chi connectivity index (χ1v) is 4.51. The fraction of sp³-hybridized carbons (Fsp3) is 0.273. The molecule has 0 aliphatic rings. The topological polar surface area (TPSA) is 25.8 Å². The maximum Gasteiger partial charge on any atom is 0.0455 e. The van der Waals surface area contributed by atoms with Crippen molar-refractivity contribution in [3.05, 3.63) is 35.9 Å². The predicted octanol–water partition coefficient (Wildman–Crippen LogP) is 2.50. The fourth-order valence-electron chi connectivity index (χ4n) is 1.52. The zero-order chi connectivity index (χ0) is 9.26. The molecule has 0 atom stereocenters. The molecule has 2 rings (SSSR count). The van der Waals surface area contributed by atoms with Gasteiger partial charge in [0.05, 0.1) is 0 Å². The van der Waals surface area contributed by atoms with Crippen molar-refractivity contribution in [3.8, 4) is 0 Å². The number of aromatic nitrogens is 2. The molecule has 0 spiro atoms. The summed E-state index contributed by atoms with van der Waals surface area (Å²) in [6.07, 6.45) is 4.68. The van der Waals surface area contributed by atoms with Crippen LogP contribution in [-0.4, -0.2) is 9.97 Å². The number of nitrogens with zero attached hydrogens (tertiary/aromatic N) is 2. The average molecular weight is 172 g/mol. The molecule has 2 aromatic rings. The van der Waals surface area contributed by atoms with Crippen molar-refractivity contribution >= 4 is 10.8 Å². The number of fused-ring (bicyclic) bond motifs is 1. The quantitative estimate of drug-likeness (QED) is 0.660. The van der Waals surface area contributed by atoms with E-state index in [-0.39, 0.29) is 0 Å². The summed E-state index contributed by atoms with van der Waals surface area (Å²) in [7, 11) is 0. The van der Waals surface area contributed by atoms with Crippen molar-refractivity contribution in [2.45, 2.75) is 20.3 Å². The molecule has 0 bridgehead atoms. The average Bonchev–Trinajstić information content (AvgIpc) is 2.18. The van der Waals surface area contributed by atoms with Crippen molar-refractivity contribution in [3.63, 3.8) is 0 Å². The van der Waals surface area contributed by atoms with E-state index in [1.54, 1.807) is 0 Å². The van der Waals surface area contributed by atoms with Crippen molar-refractivity contribution < 1.29 is 0 Å². The molecular weight excluding hydrogens is 160 g/mol. The van der Waals surface area contributed by atoms with Gasteiger partial charge in [-0.2, -0.15) is 0 Å². The minimum atomic E-state index is 0.978. The highest BCUT2D eigenvalue weighted by molar-refractivity contribution is 5.83. The Hall–Kier alpha value is -1.44. The van der Waals surface area contributed by atoms with E-state index in [0.717, 1.165) is 17.8 Å². The van der Waals surface area contributed by atoms with E-state index in [2.05, 4.69) is 23.0 Å².